The summed E-state index contributed by atoms with van der Waals surface area (Å²) in [6, 6.07) is 8.33. The van der Waals surface area contributed by atoms with Crippen LogP contribution in [0.3, 0.4) is 0 Å². The molecule has 0 aliphatic carbocycles. The number of piperidine rings is 1. The Balaban J connectivity index is 2.04. The molecule has 1 saturated heterocycles. The molecule has 1 heterocycles. The van der Waals surface area contributed by atoms with Crippen LogP contribution >= 0.6 is 0 Å². The maximum Gasteiger partial charge on any atom is 0.123 e. The predicted octanol–water partition coefficient (Wildman–Crippen LogP) is 3.74. The lowest BCUT2D eigenvalue weighted by atomic mass is 10.0. The number of hydrogen-bond acceptors (Lipinski definition) is 2. The van der Waals surface area contributed by atoms with Crippen LogP contribution in [-0.4, -0.2) is 30.1 Å². The monoisotopic (exact) mass is 278 g/mol. The van der Waals surface area contributed by atoms with Crippen molar-refractivity contribution >= 4 is 0 Å². The molecule has 1 N–H and O–H groups in total. The standard InChI is InChI=1S/C17H27FN2/c1-13(2)20(12-17-6-4-5-11-19-17)14(3)15-7-9-16(18)10-8-15/h7-10,13-14,17,19H,4-6,11-12H2,1-3H3. The fourth-order valence-corrected chi connectivity index (χ4v) is 3.08. The molecule has 1 aliphatic heterocycles. The van der Waals surface area contributed by atoms with E-state index < -0.39 is 0 Å². The van der Waals surface area contributed by atoms with Crippen LogP contribution in [0.4, 0.5) is 4.39 Å². The second kappa shape index (κ2) is 7.19. The molecule has 3 heteroatoms. The van der Waals surface area contributed by atoms with E-state index in [1.54, 1.807) is 12.1 Å². The molecule has 0 aromatic heterocycles. The topological polar surface area (TPSA) is 15.3 Å². The Labute approximate surface area is 122 Å². The fraction of sp³-hybridized carbons (Fsp3) is 0.647. The van der Waals surface area contributed by atoms with E-state index in [0.717, 1.165) is 13.1 Å². The number of nitrogens with zero attached hydrogens (tertiary/aromatic N) is 1. The Morgan fingerprint density at radius 1 is 1.20 bits per heavy atom. The number of rotatable bonds is 5. The van der Waals surface area contributed by atoms with Gasteiger partial charge >= 0.3 is 0 Å². The molecule has 2 atom stereocenters. The molecule has 1 fully saturated rings. The van der Waals surface area contributed by atoms with Crippen LogP contribution in [0.5, 0.6) is 0 Å². The van der Waals surface area contributed by atoms with Crippen molar-refractivity contribution in [1.82, 2.24) is 10.2 Å². The lowest BCUT2D eigenvalue weighted by molar-refractivity contribution is 0.138. The van der Waals surface area contributed by atoms with Crippen molar-refractivity contribution < 1.29 is 4.39 Å². The van der Waals surface area contributed by atoms with Crippen molar-refractivity contribution in [3.63, 3.8) is 0 Å². The van der Waals surface area contributed by atoms with Gasteiger partial charge in [-0.25, -0.2) is 4.39 Å². The summed E-state index contributed by atoms with van der Waals surface area (Å²) in [7, 11) is 0. The highest BCUT2D eigenvalue weighted by Crippen LogP contribution is 2.24. The molecular formula is C17H27FN2. The molecule has 20 heavy (non-hydrogen) atoms. The minimum Gasteiger partial charge on any atom is -0.313 e. The first-order valence-electron chi connectivity index (χ1n) is 7.82. The zero-order chi connectivity index (χ0) is 14.5. The van der Waals surface area contributed by atoms with Gasteiger partial charge in [0.2, 0.25) is 0 Å². The second-order valence-corrected chi connectivity index (χ2v) is 6.16. The Kier molecular flexibility index (Phi) is 5.55. The van der Waals surface area contributed by atoms with Crippen LogP contribution in [0.15, 0.2) is 24.3 Å². The summed E-state index contributed by atoms with van der Waals surface area (Å²) in [6.45, 7) is 8.90. The Morgan fingerprint density at radius 2 is 1.90 bits per heavy atom. The van der Waals surface area contributed by atoms with Crippen molar-refractivity contribution in [1.29, 1.82) is 0 Å². The SMILES string of the molecule is CC(C)N(CC1CCCCN1)C(C)c1ccc(F)cc1. The predicted molar refractivity (Wildman–Crippen MR) is 82.3 cm³/mol. The highest BCUT2D eigenvalue weighted by molar-refractivity contribution is 5.19. The molecule has 1 aromatic rings. The van der Waals surface area contributed by atoms with Crippen LogP contribution in [-0.2, 0) is 0 Å². The molecule has 1 aromatic carbocycles. The molecule has 2 rings (SSSR count). The highest BCUT2D eigenvalue weighted by Gasteiger charge is 2.23. The summed E-state index contributed by atoms with van der Waals surface area (Å²) in [5.74, 6) is -0.161. The van der Waals surface area contributed by atoms with Crippen molar-refractivity contribution in [2.45, 2.75) is 58.2 Å². The second-order valence-electron chi connectivity index (χ2n) is 6.16. The fourth-order valence-electron chi connectivity index (χ4n) is 3.08. The van der Waals surface area contributed by atoms with E-state index in [1.165, 1.54) is 24.8 Å². The molecule has 0 bridgehead atoms. The summed E-state index contributed by atoms with van der Waals surface area (Å²) in [6.07, 6.45) is 3.89. The highest BCUT2D eigenvalue weighted by atomic mass is 19.1. The molecular weight excluding hydrogens is 251 g/mol. The lowest BCUT2D eigenvalue weighted by Crippen LogP contribution is -2.46. The van der Waals surface area contributed by atoms with E-state index in [1.807, 2.05) is 12.1 Å². The normalized spacial score (nSPS) is 21.4. The van der Waals surface area contributed by atoms with Crippen molar-refractivity contribution in [2.24, 2.45) is 0 Å². The van der Waals surface area contributed by atoms with Crippen LogP contribution in [0.1, 0.15) is 51.6 Å². The zero-order valence-corrected chi connectivity index (χ0v) is 12.9. The number of hydrogen-bond donors (Lipinski definition) is 1. The van der Waals surface area contributed by atoms with Crippen LogP contribution in [0, 0.1) is 5.82 Å². The average Bonchev–Trinajstić information content (AvgIpc) is 2.45. The van der Waals surface area contributed by atoms with E-state index >= 15 is 0 Å². The quantitative estimate of drug-likeness (QED) is 0.882. The third kappa shape index (κ3) is 4.03. The molecule has 0 amide bonds. The van der Waals surface area contributed by atoms with Gasteiger partial charge in [-0.3, -0.25) is 4.90 Å². The first kappa shape index (κ1) is 15.5. The maximum absolute atomic E-state index is 13.1. The number of benzene rings is 1. The van der Waals surface area contributed by atoms with Gasteiger partial charge < -0.3 is 5.32 Å². The van der Waals surface area contributed by atoms with Crippen LogP contribution < -0.4 is 5.32 Å². The minimum absolute atomic E-state index is 0.161. The first-order chi connectivity index (χ1) is 9.58. The smallest absolute Gasteiger partial charge is 0.123 e. The van der Waals surface area contributed by atoms with Crippen molar-refractivity contribution in [3.05, 3.63) is 35.6 Å². The third-order valence-corrected chi connectivity index (χ3v) is 4.36. The Hall–Kier alpha value is -0.930. The van der Waals surface area contributed by atoms with Gasteiger partial charge in [0.1, 0.15) is 5.82 Å². The first-order valence-corrected chi connectivity index (χ1v) is 7.82. The van der Waals surface area contributed by atoms with Gasteiger partial charge in [-0.15, -0.1) is 0 Å². The average molecular weight is 278 g/mol. The van der Waals surface area contributed by atoms with E-state index in [4.69, 9.17) is 0 Å². The summed E-state index contributed by atoms with van der Waals surface area (Å²) >= 11 is 0. The zero-order valence-electron chi connectivity index (χ0n) is 12.9. The van der Waals surface area contributed by atoms with E-state index in [0.29, 0.717) is 18.1 Å². The van der Waals surface area contributed by atoms with Gasteiger partial charge in [0.15, 0.2) is 0 Å². The van der Waals surface area contributed by atoms with Gasteiger partial charge in [0.05, 0.1) is 0 Å². The minimum atomic E-state index is -0.161. The van der Waals surface area contributed by atoms with Gasteiger partial charge in [0, 0.05) is 24.7 Å². The summed E-state index contributed by atoms with van der Waals surface area (Å²) in [5.41, 5.74) is 1.19. The summed E-state index contributed by atoms with van der Waals surface area (Å²) < 4.78 is 13.1. The lowest BCUT2D eigenvalue weighted by Gasteiger charge is -2.37. The third-order valence-electron chi connectivity index (χ3n) is 4.36. The molecule has 2 nitrogen and oxygen atoms in total. The van der Waals surface area contributed by atoms with Gasteiger partial charge in [0.25, 0.3) is 0 Å². The number of nitrogens with one attached hydrogen (secondary N) is 1. The van der Waals surface area contributed by atoms with Gasteiger partial charge in [-0.1, -0.05) is 18.6 Å². The number of halogens is 1. The van der Waals surface area contributed by atoms with E-state index in [-0.39, 0.29) is 5.82 Å². The molecule has 0 saturated carbocycles. The van der Waals surface area contributed by atoms with E-state index in [2.05, 4.69) is 31.0 Å². The van der Waals surface area contributed by atoms with Gasteiger partial charge in [-0.2, -0.15) is 0 Å². The summed E-state index contributed by atoms with van der Waals surface area (Å²) in [5, 5.41) is 3.62. The van der Waals surface area contributed by atoms with Gasteiger partial charge in [-0.05, 0) is 57.9 Å². The molecule has 2 unspecified atom stereocenters. The Morgan fingerprint density at radius 3 is 2.45 bits per heavy atom. The van der Waals surface area contributed by atoms with Crippen LogP contribution in [0.2, 0.25) is 0 Å². The molecule has 1 aliphatic rings. The molecule has 0 spiro atoms. The Bertz CT molecular complexity index is 396. The maximum atomic E-state index is 13.1. The van der Waals surface area contributed by atoms with Crippen molar-refractivity contribution in [3.8, 4) is 0 Å². The van der Waals surface area contributed by atoms with E-state index in [9.17, 15) is 4.39 Å². The largest absolute Gasteiger partial charge is 0.313 e. The van der Waals surface area contributed by atoms with Crippen LogP contribution in [0.25, 0.3) is 0 Å². The van der Waals surface area contributed by atoms with Crippen molar-refractivity contribution in [2.75, 3.05) is 13.1 Å². The molecule has 0 radical (unpaired) electrons. The summed E-state index contributed by atoms with van der Waals surface area (Å²) in [4.78, 5) is 2.51. The molecule has 112 valence electrons.